The van der Waals surface area contributed by atoms with Crippen LogP contribution in [0.25, 0.3) is 0 Å². The zero-order valence-electron chi connectivity index (χ0n) is 20.3. The summed E-state index contributed by atoms with van der Waals surface area (Å²) in [5, 5.41) is 4.38. The van der Waals surface area contributed by atoms with Crippen LogP contribution in [0, 0.1) is 0 Å². The molecule has 0 bridgehead atoms. The summed E-state index contributed by atoms with van der Waals surface area (Å²) in [4.78, 5) is 0. The molecule has 0 saturated heterocycles. The Morgan fingerprint density at radius 2 is 0.882 bits per heavy atom. The predicted octanol–water partition coefficient (Wildman–Crippen LogP) is 5.29. The number of rotatable bonds is 15. The van der Waals surface area contributed by atoms with Crippen molar-refractivity contribution in [1.82, 2.24) is 0 Å². The molecule has 0 saturated carbocycles. The molecule has 0 unspecified atom stereocenters. The first-order chi connectivity index (χ1) is 16.4. The van der Waals surface area contributed by atoms with Crippen LogP contribution in [0.5, 0.6) is 0 Å². The molecule has 3 rings (SSSR count). The molecule has 0 nitrogen and oxygen atoms in total. The molecular weight excluding hydrogens is 566 g/mol. The molecule has 3 aromatic rings. The summed E-state index contributed by atoms with van der Waals surface area (Å²) in [6.07, 6.45) is 17.7. The van der Waals surface area contributed by atoms with Crippen LogP contribution in [0.15, 0.2) is 103 Å². The van der Waals surface area contributed by atoms with Crippen molar-refractivity contribution in [2.24, 2.45) is 0 Å². The van der Waals surface area contributed by atoms with E-state index < -0.39 is 7.26 Å². The van der Waals surface area contributed by atoms with E-state index in [2.05, 4.69) is 103 Å². The fourth-order valence-corrected chi connectivity index (χ4v) is 8.80. The second-order valence-corrected chi connectivity index (χ2v) is 12.7. The van der Waals surface area contributed by atoms with Crippen molar-refractivity contribution in [2.75, 3.05) is 12.0 Å². The summed E-state index contributed by atoms with van der Waals surface area (Å²) in [6.45, 7) is 0. The molecule has 3 heteroatoms. The van der Waals surface area contributed by atoms with E-state index >= 15 is 0 Å². The molecule has 0 amide bonds. The number of halogens is 2. The van der Waals surface area contributed by atoms with Gasteiger partial charge in [-0.2, -0.15) is 0 Å². The minimum absolute atomic E-state index is 0. The lowest BCUT2D eigenvalue weighted by atomic mass is 10.1. The topological polar surface area (TPSA) is 0 Å². The van der Waals surface area contributed by atoms with Gasteiger partial charge in [-0.05, 0) is 55.7 Å². The lowest BCUT2D eigenvalue weighted by Gasteiger charge is -2.26. The molecule has 34 heavy (non-hydrogen) atoms. The quantitative estimate of drug-likeness (QED) is 0.0727. The van der Waals surface area contributed by atoms with E-state index in [1.165, 1.54) is 73.7 Å². The van der Waals surface area contributed by atoms with Crippen LogP contribution in [0.3, 0.4) is 0 Å². The van der Waals surface area contributed by atoms with E-state index in [1.807, 2.05) is 0 Å². The first-order valence-electron chi connectivity index (χ1n) is 12.6. The van der Waals surface area contributed by atoms with Crippen LogP contribution in [0.1, 0.15) is 57.8 Å². The molecule has 0 aromatic heterocycles. The maximum Gasteiger partial charge on any atom is 0.115 e. The molecule has 0 atom stereocenters. The lowest BCUT2D eigenvalue weighted by molar-refractivity contribution is -0.00000654. The van der Waals surface area contributed by atoms with Crippen LogP contribution >= 0.6 is 18.9 Å². The van der Waals surface area contributed by atoms with Crippen molar-refractivity contribution in [3.8, 4) is 0 Å². The summed E-state index contributed by atoms with van der Waals surface area (Å²) in [5.41, 5.74) is 0. The van der Waals surface area contributed by atoms with Gasteiger partial charge in [-0.1, -0.05) is 105 Å². The fourth-order valence-electron chi connectivity index (χ4n) is 4.58. The monoisotopic (exact) mass is 604 g/mol. The van der Waals surface area contributed by atoms with Gasteiger partial charge >= 0.3 is 0 Å². The van der Waals surface area contributed by atoms with E-state index in [0.717, 1.165) is 12.0 Å². The summed E-state index contributed by atoms with van der Waals surface area (Å²) in [6, 6.07) is 33.5. The highest BCUT2D eigenvalue weighted by atomic mass is 127. The Balaban J connectivity index is 0.00000408. The third kappa shape index (κ3) is 8.81. The molecule has 0 aliphatic carbocycles. The van der Waals surface area contributed by atoms with Crippen molar-refractivity contribution < 1.29 is 24.0 Å². The minimum Gasteiger partial charge on any atom is -1.00 e. The zero-order chi connectivity index (χ0) is 23.0. The van der Waals surface area contributed by atoms with Gasteiger partial charge in [0.25, 0.3) is 0 Å². The van der Waals surface area contributed by atoms with Crippen molar-refractivity contribution in [2.45, 2.75) is 57.8 Å². The lowest BCUT2D eigenvalue weighted by Crippen LogP contribution is -3.00. The molecule has 0 fully saturated rings. The molecule has 0 spiro atoms. The van der Waals surface area contributed by atoms with E-state index in [4.69, 9.17) is 11.6 Å². The van der Waals surface area contributed by atoms with Crippen LogP contribution in [-0.4, -0.2) is 12.0 Å². The summed E-state index contributed by atoms with van der Waals surface area (Å²) in [7, 11) is -1.73. The normalized spacial score (nSPS) is 11.4. The first-order valence-corrected chi connectivity index (χ1v) is 15.1. The Labute approximate surface area is 230 Å². The number of unbranched alkanes of at least 4 members (excludes halogenated alkanes) is 8. The second kappa shape index (κ2) is 17.3. The minimum atomic E-state index is -1.73. The zero-order valence-corrected chi connectivity index (χ0v) is 24.1. The number of allylic oxidation sites excluding steroid dienone is 2. The highest BCUT2D eigenvalue weighted by molar-refractivity contribution is 7.95. The van der Waals surface area contributed by atoms with Gasteiger partial charge in [0.2, 0.25) is 0 Å². The molecule has 3 aromatic carbocycles. The number of benzene rings is 3. The largest absolute Gasteiger partial charge is 1.00 e. The van der Waals surface area contributed by atoms with Gasteiger partial charge in [0.05, 0.1) is 6.16 Å². The Bertz CT molecular complexity index is 815. The molecule has 0 aliphatic heterocycles. The number of alkyl halides is 1. The summed E-state index contributed by atoms with van der Waals surface area (Å²) < 4.78 is 0. The average Bonchev–Trinajstić information content (AvgIpc) is 2.89. The van der Waals surface area contributed by atoms with E-state index in [0.29, 0.717) is 0 Å². The van der Waals surface area contributed by atoms with Crippen molar-refractivity contribution >= 4 is 34.8 Å². The Hall–Kier alpha value is -1.15. The van der Waals surface area contributed by atoms with Gasteiger partial charge in [-0.3, -0.25) is 0 Å². The van der Waals surface area contributed by atoms with E-state index in [1.54, 1.807) is 0 Å². The fraction of sp³-hybridized carbons (Fsp3) is 0.355. The Kier molecular flexibility index (Phi) is 14.8. The maximum atomic E-state index is 5.75. The second-order valence-electron chi connectivity index (χ2n) is 8.78. The molecule has 0 N–H and O–H groups in total. The van der Waals surface area contributed by atoms with Crippen LogP contribution in [-0.2, 0) is 0 Å². The third-order valence-corrected chi connectivity index (χ3v) is 11.0. The van der Waals surface area contributed by atoms with Gasteiger partial charge in [0.1, 0.15) is 23.2 Å². The highest BCUT2D eigenvalue weighted by Gasteiger charge is 2.43. The van der Waals surface area contributed by atoms with Gasteiger partial charge in [-0.25, -0.2) is 0 Å². The Morgan fingerprint density at radius 3 is 1.29 bits per heavy atom. The van der Waals surface area contributed by atoms with Crippen LogP contribution in [0.4, 0.5) is 0 Å². The first kappa shape index (κ1) is 29.1. The maximum absolute atomic E-state index is 5.75. The van der Waals surface area contributed by atoms with Crippen molar-refractivity contribution in [3.05, 3.63) is 103 Å². The Morgan fingerprint density at radius 1 is 0.500 bits per heavy atom. The number of hydrogen-bond donors (Lipinski definition) is 0. The molecular formula is C31H39ClIP. The SMILES string of the molecule is ClCCCCCCCCCCC=CC[P+](c1ccccc1)(c1ccccc1)c1ccccc1.[I-]. The highest BCUT2D eigenvalue weighted by Crippen LogP contribution is 2.55. The number of hydrogen-bond acceptors (Lipinski definition) is 0. The van der Waals surface area contributed by atoms with E-state index in [9.17, 15) is 0 Å². The average molecular weight is 605 g/mol. The van der Waals surface area contributed by atoms with Gasteiger partial charge in [0, 0.05) is 5.88 Å². The predicted molar refractivity (Wildman–Crippen MR) is 151 cm³/mol. The van der Waals surface area contributed by atoms with Gasteiger partial charge in [0.15, 0.2) is 0 Å². The summed E-state index contributed by atoms with van der Waals surface area (Å²) >= 11 is 5.75. The third-order valence-electron chi connectivity index (χ3n) is 6.39. The van der Waals surface area contributed by atoms with Crippen molar-refractivity contribution in [1.29, 1.82) is 0 Å². The van der Waals surface area contributed by atoms with Crippen molar-refractivity contribution in [3.63, 3.8) is 0 Å². The molecule has 0 radical (unpaired) electrons. The van der Waals surface area contributed by atoms with Gasteiger partial charge in [-0.15, -0.1) is 11.6 Å². The summed E-state index contributed by atoms with van der Waals surface area (Å²) in [5.74, 6) is 0.814. The van der Waals surface area contributed by atoms with Crippen LogP contribution < -0.4 is 39.9 Å². The van der Waals surface area contributed by atoms with Gasteiger partial charge < -0.3 is 24.0 Å². The van der Waals surface area contributed by atoms with E-state index in [-0.39, 0.29) is 24.0 Å². The smallest absolute Gasteiger partial charge is 0.115 e. The molecule has 182 valence electrons. The molecule has 0 aliphatic rings. The standard InChI is InChI=1S/C31H39ClP.HI/c32-27-19-8-6-4-2-1-3-5-7-9-20-28-33(29-21-13-10-14-22-29,30-23-15-11-16-24-30)31-25-17-12-18-26-31;/h9-18,20-26H,1-8,19,27-28H2;1H/q+1;/p-1. The molecule has 0 heterocycles. The van der Waals surface area contributed by atoms with Crippen LogP contribution in [0.2, 0.25) is 0 Å².